The molecule has 1 fully saturated rings. The SMILES string of the molecule is CN(CC1CCCO1)C(=O)Nc1cc(Cl)ccc1C(=O)O. The molecule has 1 unspecified atom stereocenters. The second-order valence-electron chi connectivity index (χ2n) is 4.94. The van der Waals surface area contributed by atoms with Crippen LogP contribution in [0.25, 0.3) is 0 Å². The van der Waals surface area contributed by atoms with E-state index in [1.807, 2.05) is 0 Å². The Hall–Kier alpha value is -1.79. The molecule has 0 radical (unpaired) electrons. The Labute approximate surface area is 127 Å². The molecular weight excluding hydrogens is 296 g/mol. The lowest BCUT2D eigenvalue weighted by Crippen LogP contribution is -2.37. The third kappa shape index (κ3) is 4.09. The summed E-state index contributed by atoms with van der Waals surface area (Å²) < 4.78 is 5.47. The molecule has 1 atom stereocenters. The third-order valence-electron chi connectivity index (χ3n) is 3.30. The number of benzene rings is 1. The van der Waals surface area contributed by atoms with Crippen LogP contribution in [-0.2, 0) is 4.74 Å². The first kappa shape index (κ1) is 15.6. The van der Waals surface area contributed by atoms with Crippen LogP contribution in [0, 0.1) is 0 Å². The van der Waals surface area contributed by atoms with E-state index in [0.29, 0.717) is 11.6 Å². The molecule has 0 saturated carbocycles. The van der Waals surface area contributed by atoms with Crippen molar-refractivity contribution in [3.05, 3.63) is 28.8 Å². The van der Waals surface area contributed by atoms with Gasteiger partial charge < -0.3 is 20.1 Å². The van der Waals surface area contributed by atoms with Gasteiger partial charge in [-0.2, -0.15) is 0 Å². The smallest absolute Gasteiger partial charge is 0.337 e. The summed E-state index contributed by atoms with van der Waals surface area (Å²) in [5.41, 5.74) is 0.178. The molecule has 7 heteroatoms. The molecule has 2 N–H and O–H groups in total. The zero-order valence-electron chi connectivity index (χ0n) is 11.6. The summed E-state index contributed by atoms with van der Waals surface area (Å²) in [7, 11) is 1.64. The number of carbonyl (C=O) groups excluding carboxylic acids is 1. The van der Waals surface area contributed by atoms with Gasteiger partial charge in [0.25, 0.3) is 0 Å². The zero-order valence-corrected chi connectivity index (χ0v) is 12.4. The number of rotatable bonds is 4. The minimum Gasteiger partial charge on any atom is -0.478 e. The van der Waals surface area contributed by atoms with E-state index in [0.717, 1.165) is 19.4 Å². The highest BCUT2D eigenvalue weighted by Gasteiger charge is 2.21. The van der Waals surface area contributed by atoms with Crippen molar-refractivity contribution in [1.29, 1.82) is 0 Å². The Morgan fingerprint density at radius 1 is 1.52 bits per heavy atom. The zero-order chi connectivity index (χ0) is 15.4. The fourth-order valence-electron chi connectivity index (χ4n) is 2.19. The van der Waals surface area contributed by atoms with Gasteiger partial charge in [-0.15, -0.1) is 0 Å². The van der Waals surface area contributed by atoms with Gasteiger partial charge in [-0.1, -0.05) is 11.6 Å². The Morgan fingerprint density at radius 3 is 2.90 bits per heavy atom. The number of carboxylic acid groups (broad SMARTS) is 1. The summed E-state index contributed by atoms with van der Waals surface area (Å²) in [6.45, 7) is 1.19. The van der Waals surface area contributed by atoms with Crippen molar-refractivity contribution in [3.63, 3.8) is 0 Å². The number of carbonyl (C=O) groups is 2. The van der Waals surface area contributed by atoms with Gasteiger partial charge >= 0.3 is 12.0 Å². The van der Waals surface area contributed by atoms with Gasteiger partial charge in [0, 0.05) is 25.2 Å². The maximum atomic E-state index is 12.1. The first-order chi connectivity index (χ1) is 9.97. The fraction of sp³-hybridized carbons (Fsp3) is 0.429. The van der Waals surface area contributed by atoms with Crippen LogP contribution in [0.1, 0.15) is 23.2 Å². The normalized spacial score (nSPS) is 17.5. The third-order valence-corrected chi connectivity index (χ3v) is 3.54. The van der Waals surface area contributed by atoms with E-state index in [4.69, 9.17) is 21.4 Å². The quantitative estimate of drug-likeness (QED) is 0.896. The molecule has 21 heavy (non-hydrogen) atoms. The molecule has 0 aromatic heterocycles. The Bertz CT molecular complexity index is 544. The summed E-state index contributed by atoms with van der Waals surface area (Å²) >= 11 is 5.84. The second-order valence-corrected chi connectivity index (χ2v) is 5.38. The van der Waals surface area contributed by atoms with Gasteiger partial charge in [-0.3, -0.25) is 0 Å². The lowest BCUT2D eigenvalue weighted by molar-refractivity contribution is 0.0698. The topological polar surface area (TPSA) is 78.9 Å². The van der Waals surface area contributed by atoms with Gasteiger partial charge in [0.2, 0.25) is 0 Å². The number of aromatic carboxylic acids is 1. The van der Waals surface area contributed by atoms with E-state index in [9.17, 15) is 9.59 Å². The van der Waals surface area contributed by atoms with Crippen LogP contribution in [0.2, 0.25) is 5.02 Å². The van der Waals surface area contributed by atoms with Gasteiger partial charge in [-0.25, -0.2) is 9.59 Å². The highest BCUT2D eigenvalue weighted by Crippen LogP contribution is 2.22. The first-order valence-corrected chi connectivity index (χ1v) is 7.01. The van der Waals surface area contributed by atoms with Crippen molar-refractivity contribution in [2.45, 2.75) is 18.9 Å². The minimum absolute atomic E-state index is 0.00161. The number of amides is 2. The number of carboxylic acids is 1. The Kier molecular flexibility index (Phi) is 5.03. The molecule has 0 spiro atoms. The van der Waals surface area contributed by atoms with Crippen LogP contribution < -0.4 is 5.32 Å². The molecule has 0 bridgehead atoms. The predicted octanol–water partition coefficient (Wildman–Crippen LogP) is 2.68. The number of halogens is 1. The number of nitrogens with zero attached hydrogens (tertiary/aromatic N) is 1. The standard InChI is InChI=1S/C14H17ClN2O4/c1-17(8-10-3-2-6-21-10)14(20)16-12-7-9(15)4-5-11(12)13(18)19/h4-5,7,10H,2-3,6,8H2,1H3,(H,16,20)(H,18,19). The number of likely N-dealkylation sites (N-methyl/N-ethyl adjacent to an activating group) is 1. The molecule has 1 heterocycles. The number of hydrogen-bond acceptors (Lipinski definition) is 3. The molecule has 2 amide bonds. The van der Waals surface area contributed by atoms with E-state index < -0.39 is 12.0 Å². The highest BCUT2D eigenvalue weighted by atomic mass is 35.5. The van der Waals surface area contributed by atoms with Crippen molar-refractivity contribution in [1.82, 2.24) is 4.90 Å². The van der Waals surface area contributed by atoms with E-state index in [1.165, 1.54) is 23.1 Å². The monoisotopic (exact) mass is 312 g/mol. The molecular formula is C14H17ClN2O4. The van der Waals surface area contributed by atoms with Gasteiger partial charge in [0.1, 0.15) is 0 Å². The summed E-state index contributed by atoms with van der Waals surface area (Å²) in [6.07, 6.45) is 1.96. The number of nitrogens with one attached hydrogen (secondary N) is 1. The van der Waals surface area contributed by atoms with Crippen LogP contribution in [0.3, 0.4) is 0 Å². The highest BCUT2D eigenvalue weighted by molar-refractivity contribution is 6.31. The molecule has 2 rings (SSSR count). The van der Waals surface area contributed by atoms with E-state index in [-0.39, 0.29) is 17.4 Å². The number of ether oxygens (including phenoxy) is 1. The molecule has 1 aromatic rings. The Balaban J connectivity index is 2.04. The van der Waals surface area contributed by atoms with Crippen molar-refractivity contribution in [3.8, 4) is 0 Å². The number of anilines is 1. The molecule has 1 aromatic carbocycles. The Morgan fingerprint density at radius 2 is 2.29 bits per heavy atom. The average molecular weight is 313 g/mol. The minimum atomic E-state index is -1.12. The lowest BCUT2D eigenvalue weighted by Gasteiger charge is -2.21. The first-order valence-electron chi connectivity index (χ1n) is 6.64. The molecule has 1 saturated heterocycles. The van der Waals surface area contributed by atoms with Crippen LogP contribution in [0.15, 0.2) is 18.2 Å². The van der Waals surface area contributed by atoms with E-state index in [1.54, 1.807) is 7.05 Å². The van der Waals surface area contributed by atoms with Gasteiger partial charge in [0.15, 0.2) is 0 Å². The van der Waals surface area contributed by atoms with Crippen LogP contribution in [0.5, 0.6) is 0 Å². The molecule has 0 aliphatic carbocycles. The maximum Gasteiger partial charge on any atom is 0.337 e. The van der Waals surface area contributed by atoms with Gasteiger partial charge in [-0.05, 0) is 31.0 Å². The summed E-state index contributed by atoms with van der Waals surface area (Å²) in [5.74, 6) is -1.12. The maximum absolute atomic E-state index is 12.1. The van der Waals surface area contributed by atoms with Crippen molar-refractivity contribution in [2.24, 2.45) is 0 Å². The number of hydrogen-bond donors (Lipinski definition) is 2. The van der Waals surface area contributed by atoms with Crippen molar-refractivity contribution in [2.75, 3.05) is 25.5 Å². The summed E-state index contributed by atoms with van der Waals surface area (Å²) in [6, 6.07) is 3.86. The van der Waals surface area contributed by atoms with Crippen molar-refractivity contribution >= 4 is 29.3 Å². The van der Waals surface area contributed by atoms with Crippen LogP contribution in [-0.4, -0.2) is 48.3 Å². The van der Waals surface area contributed by atoms with Crippen LogP contribution >= 0.6 is 11.6 Å². The van der Waals surface area contributed by atoms with Crippen molar-refractivity contribution < 1.29 is 19.4 Å². The molecule has 6 nitrogen and oxygen atoms in total. The van der Waals surface area contributed by atoms with Gasteiger partial charge in [0.05, 0.1) is 17.4 Å². The number of urea groups is 1. The second kappa shape index (κ2) is 6.78. The predicted molar refractivity (Wildman–Crippen MR) is 79.0 cm³/mol. The van der Waals surface area contributed by atoms with E-state index >= 15 is 0 Å². The summed E-state index contributed by atoms with van der Waals surface area (Å²) in [5, 5.41) is 12.0. The fourth-order valence-corrected chi connectivity index (χ4v) is 2.37. The average Bonchev–Trinajstić information content (AvgIpc) is 2.91. The largest absolute Gasteiger partial charge is 0.478 e. The van der Waals surface area contributed by atoms with Crippen LogP contribution in [0.4, 0.5) is 10.5 Å². The molecule has 1 aliphatic rings. The summed E-state index contributed by atoms with van der Waals surface area (Å²) in [4.78, 5) is 24.7. The lowest BCUT2D eigenvalue weighted by atomic mass is 10.2. The van der Waals surface area contributed by atoms with E-state index in [2.05, 4.69) is 5.32 Å². The molecule has 1 aliphatic heterocycles. The molecule has 114 valence electrons.